The summed E-state index contributed by atoms with van der Waals surface area (Å²) in [7, 11) is 0. The summed E-state index contributed by atoms with van der Waals surface area (Å²) in [5, 5.41) is 17.9. The van der Waals surface area contributed by atoms with Crippen LogP contribution in [0.2, 0.25) is 0 Å². The van der Waals surface area contributed by atoms with Crippen molar-refractivity contribution in [2.24, 2.45) is 0 Å². The second-order valence-corrected chi connectivity index (χ2v) is 4.89. The largest absolute Gasteiger partial charge is 0.360 e. The van der Waals surface area contributed by atoms with Crippen molar-refractivity contribution in [3.05, 3.63) is 53.4 Å². The Morgan fingerprint density at radius 1 is 1.14 bits per heavy atom. The summed E-state index contributed by atoms with van der Waals surface area (Å²) in [5.74, 6) is 2.31. The molecule has 0 unspecified atom stereocenters. The van der Waals surface area contributed by atoms with Crippen LogP contribution in [0.15, 0.2) is 41.1 Å². The van der Waals surface area contributed by atoms with Crippen molar-refractivity contribution in [3.8, 4) is 0 Å². The monoisotopic (exact) mass is 296 g/mol. The highest BCUT2D eigenvalue weighted by Gasteiger charge is 2.05. The number of hydrogen-bond acceptors (Lipinski definition) is 7. The molecule has 0 atom stereocenters. The van der Waals surface area contributed by atoms with Crippen LogP contribution in [-0.4, -0.2) is 20.3 Å². The molecule has 22 heavy (non-hydrogen) atoms. The van der Waals surface area contributed by atoms with E-state index in [0.29, 0.717) is 24.1 Å². The number of hydrogen-bond donors (Lipinski definition) is 2. The second-order valence-electron chi connectivity index (χ2n) is 4.89. The van der Waals surface area contributed by atoms with Crippen molar-refractivity contribution < 1.29 is 4.52 Å². The predicted molar refractivity (Wildman–Crippen MR) is 82.9 cm³/mol. The van der Waals surface area contributed by atoms with Gasteiger partial charge in [0.1, 0.15) is 5.76 Å². The number of anilines is 3. The van der Waals surface area contributed by atoms with E-state index in [1.807, 2.05) is 19.1 Å². The van der Waals surface area contributed by atoms with E-state index in [2.05, 4.69) is 50.0 Å². The van der Waals surface area contributed by atoms with E-state index in [0.717, 1.165) is 5.76 Å². The van der Waals surface area contributed by atoms with Crippen molar-refractivity contribution in [2.45, 2.75) is 20.4 Å². The minimum absolute atomic E-state index is 0.452. The standard InChI is InChI=1S/C15H16N6O/c1-10-5-3-4-6-12(10)8-16-15-19-14(9-17-20-15)18-13-7-11(2)22-21-13/h3-7,9H,8H2,1-2H3,(H2,16,18,19,20,21). The predicted octanol–water partition coefficient (Wildman–Crippen LogP) is 2.83. The molecule has 1 aromatic carbocycles. The van der Waals surface area contributed by atoms with Crippen molar-refractivity contribution in [1.82, 2.24) is 20.3 Å². The minimum atomic E-state index is 0.452. The first-order valence-corrected chi connectivity index (χ1v) is 6.89. The molecule has 112 valence electrons. The van der Waals surface area contributed by atoms with Crippen LogP contribution in [0.5, 0.6) is 0 Å². The molecule has 0 aliphatic heterocycles. The van der Waals surface area contributed by atoms with Gasteiger partial charge in [-0.25, -0.2) is 0 Å². The first kappa shape index (κ1) is 14.0. The summed E-state index contributed by atoms with van der Waals surface area (Å²) >= 11 is 0. The zero-order valence-electron chi connectivity index (χ0n) is 12.4. The van der Waals surface area contributed by atoms with Crippen molar-refractivity contribution in [3.63, 3.8) is 0 Å². The van der Waals surface area contributed by atoms with Crippen LogP contribution in [0.3, 0.4) is 0 Å². The zero-order valence-corrected chi connectivity index (χ0v) is 12.4. The summed E-state index contributed by atoms with van der Waals surface area (Å²) in [6.07, 6.45) is 1.53. The van der Waals surface area contributed by atoms with Gasteiger partial charge in [-0.15, -0.1) is 5.10 Å². The highest BCUT2D eigenvalue weighted by Crippen LogP contribution is 2.14. The minimum Gasteiger partial charge on any atom is -0.360 e. The third-order valence-electron chi connectivity index (χ3n) is 3.14. The Labute approximate surface area is 127 Å². The Morgan fingerprint density at radius 2 is 2.00 bits per heavy atom. The Hall–Kier alpha value is -2.96. The maximum absolute atomic E-state index is 4.99. The molecule has 7 heteroatoms. The Kier molecular flexibility index (Phi) is 3.95. The number of benzene rings is 1. The third kappa shape index (κ3) is 3.38. The van der Waals surface area contributed by atoms with Gasteiger partial charge in [0.2, 0.25) is 5.95 Å². The molecule has 2 heterocycles. The van der Waals surface area contributed by atoms with Gasteiger partial charge in [-0.3, -0.25) is 0 Å². The van der Waals surface area contributed by atoms with E-state index in [1.165, 1.54) is 17.3 Å². The SMILES string of the molecule is Cc1cc(Nc2cnnc(NCc3ccccc3C)n2)no1. The van der Waals surface area contributed by atoms with Gasteiger partial charge < -0.3 is 15.2 Å². The van der Waals surface area contributed by atoms with E-state index < -0.39 is 0 Å². The molecule has 0 spiro atoms. The smallest absolute Gasteiger partial charge is 0.244 e. The van der Waals surface area contributed by atoms with E-state index in [-0.39, 0.29) is 0 Å². The number of aromatic nitrogens is 4. The van der Waals surface area contributed by atoms with Gasteiger partial charge in [0.25, 0.3) is 0 Å². The van der Waals surface area contributed by atoms with E-state index in [9.17, 15) is 0 Å². The Bertz CT molecular complexity index is 770. The summed E-state index contributed by atoms with van der Waals surface area (Å²) in [4.78, 5) is 4.34. The van der Waals surface area contributed by atoms with Crippen molar-refractivity contribution >= 4 is 17.6 Å². The van der Waals surface area contributed by atoms with Gasteiger partial charge >= 0.3 is 0 Å². The summed E-state index contributed by atoms with van der Waals surface area (Å²) < 4.78 is 4.99. The van der Waals surface area contributed by atoms with Gasteiger partial charge in [-0.1, -0.05) is 29.4 Å². The van der Waals surface area contributed by atoms with Crippen LogP contribution >= 0.6 is 0 Å². The van der Waals surface area contributed by atoms with Gasteiger partial charge in [-0.2, -0.15) is 10.1 Å². The summed E-state index contributed by atoms with van der Waals surface area (Å²) in [5.41, 5.74) is 2.41. The fourth-order valence-corrected chi connectivity index (χ4v) is 1.98. The maximum atomic E-state index is 4.99. The molecule has 2 aromatic heterocycles. The average Bonchev–Trinajstić information content (AvgIpc) is 2.92. The lowest BCUT2D eigenvalue weighted by atomic mass is 10.1. The highest BCUT2D eigenvalue weighted by atomic mass is 16.5. The Morgan fingerprint density at radius 3 is 2.77 bits per heavy atom. The molecule has 0 saturated carbocycles. The molecular weight excluding hydrogens is 280 g/mol. The Balaban J connectivity index is 1.67. The lowest BCUT2D eigenvalue weighted by Gasteiger charge is -2.08. The van der Waals surface area contributed by atoms with Gasteiger partial charge in [0.15, 0.2) is 11.6 Å². The molecule has 3 aromatic rings. The van der Waals surface area contributed by atoms with Crippen molar-refractivity contribution in [2.75, 3.05) is 10.6 Å². The maximum Gasteiger partial charge on any atom is 0.244 e. The topological polar surface area (TPSA) is 88.8 Å². The van der Waals surface area contributed by atoms with E-state index >= 15 is 0 Å². The first-order chi connectivity index (χ1) is 10.7. The second kappa shape index (κ2) is 6.21. The number of nitrogens with one attached hydrogen (secondary N) is 2. The molecule has 0 saturated heterocycles. The van der Waals surface area contributed by atoms with Crippen molar-refractivity contribution in [1.29, 1.82) is 0 Å². The van der Waals surface area contributed by atoms with Crippen LogP contribution < -0.4 is 10.6 Å². The molecule has 0 amide bonds. The summed E-state index contributed by atoms with van der Waals surface area (Å²) in [6.45, 7) is 4.54. The van der Waals surface area contributed by atoms with Crippen LogP contribution in [-0.2, 0) is 6.54 Å². The molecule has 7 nitrogen and oxygen atoms in total. The normalized spacial score (nSPS) is 10.5. The number of aryl methyl sites for hydroxylation is 2. The molecule has 3 rings (SSSR count). The van der Waals surface area contributed by atoms with Gasteiger partial charge in [0, 0.05) is 12.6 Å². The lowest BCUT2D eigenvalue weighted by molar-refractivity contribution is 0.400. The van der Waals surface area contributed by atoms with E-state index in [1.54, 1.807) is 6.07 Å². The molecule has 0 aliphatic carbocycles. The molecule has 0 bridgehead atoms. The molecule has 2 N–H and O–H groups in total. The highest BCUT2D eigenvalue weighted by molar-refractivity contribution is 5.51. The fourth-order valence-electron chi connectivity index (χ4n) is 1.98. The van der Waals surface area contributed by atoms with Gasteiger partial charge in [0.05, 0.1) is 6.20 Å². The first-order valence-electron chi connectivity index (χ1n) is 6.89. The molecule has 0 fully saturated rings. The average molecular weight is 296 g/mol. The lowest BCUT2D eigenvalue weighted by Crippen LogP contribution is -2.07. The quantitative estimate of drug-likeness (QED) is 0.748. The van der Waals surface area contributed by atoms with Crippen LogP contribution in [0.4, 0.5) is 17.6 Å². The van der Waals surface area contributed by atoms with Gasteiger partial charge in [-0.05, 0) is 25.0 Å². The summed E-state index contributed by atoms with van der Waals surface area (Å²) in [6, 6.07) is 9.94. The third-order valence-corrected chi connectivity index (χ3v) is 3.14. The molecule has 0 radical (unpaired) electrons. The molecular formula is C15H16N6O. The number of rotatable bonds is 5. The number of nitrogens with zero attached hydrogens (tertiary/aromatic N) is 4. The molecule has 0 aliphatic rings. The van der Waals surface area contributed by atoms with Crippen LogP contribution in [0.1, 0.15) is 16.9 Å². The zero-order chi connectivity index (χ0) is 15.4. The van der Waals surface area contributed by atoms with Crippen LogP contribution in [0.25, 0.3) is 0 Å². The van der Waals surface area contributed by atoms with Crippen LogP contribution in [0, 0.1) is 13.8 Å². The fraction of sp³-hybridized carbons (Fsp3) is 0.200. The van der Waals surface area contributed by atoms with E-state index in [4.69, 9.17) is 4.52 Å².